The van der Waals surface area contributed by atoms with Gasteiger partial charge in [0.05, 0.1) is 11.9 Å². The van der Waals surface area contributed by atoms with E-state index >= 15 is 0 Å². The van der Waals surface area contributed by atoms with Crippen molar-refractivity contribution in [2.45, 2.75) is 32.1 Å². The fraction of sp³-hybridized carbons (Fsp3) is 0.500. The maximum Gasteiger partial charge on any atom is 0.303 e. The Hall–Kier alpha value is -2.09. The minimum atomic E-state index is -3.29. The van der Waals surface area contributed by atoms with Crippen molar-refractivity contribution < 1.29 is 23.1 Å². The summed E-state index contributed by atoms with van der Waals surface area (Å²) in [5.74, 6) is -1.01. The Morgan fingerprint density at radius 1 is 1.25 bits per heavy atom. The van der Waals surface area contributed by atoms with Gasteiger partial charge < -0.3 is 10.4 Å². The van der Waals surface area contributed by atoms with Crippen LogP contribution >= 0.6 is 0 Å². The van der Waals surface area contributed by atoms with E-state index in [1.165, 1.54) is 10.6 Å². The highest BCUT2D eigenvalue weighted by Gasteiger charge is 2.26. The summed E-state index contributed by atoms with van der Waals surface area (Å²) in [4.78, 5) is 22.5. The number of unbranched alkanes of at least 4 members (excludes halogenated alkanes) is 2. The van der Waals surface area contributed by atoms with Crippen LogP contribution in [0.2, 0.25) is 0 Å². The van der Waals surface area contributed by atoms with Crippen LogP contribution in [0.15, 0.2) is 18.2 Å². The average Bonchev–Trinajstić information content (AvgIpc) is 2.93. The lowest BCUT2D eigenvalue weighted by Gasteiger charge is -2.16. The van der Waals surface area contributed by atoms with Crippen LogP contribution in [-0.4, -0.2) is 44.7 Å². The van der Waals surface area contributed by atoms with Gasteiger partial charge in [0.2, 0.25) is 10.0 Å². The summed E-state index contributed by atoms with van der Waals surface area (Å²) in [6.07, 6.45) is 4.00. The number of hydrogen-bond acceptors (Lipinski definition) is 4. The molecule has 2 rings (SSSR count). The van der Waals surface area contributed by atoms with E-state index in [0.29, 0.717) is 37.2 Å². The molecule has 0 saturated carbocycles. The topological polar surface area (TPSA) is 104 Å². The van der Waals surface area contributed by atoms with E-state index in [4.69, 9.17) is 5.11 Å². The number of amides is 1. The molecule has 1 aromatic rings. The molecule has 132 valence electrons. The zero-order valence-corrected chi connectivity index (χ0v) is 14.4. The molecule has 0 fully saturated rings. The Labute approximate surface area is 141 Å². The number of carboxylic acids is 1. The van der Waals surface area contributed by atoms with Gasteiger partial charge in [0.15, 0.2) is 0 Å². The minimum Gasteiger partial charge on any atom is -0.481 e. The van der Waals surface area contributed by atoms with E-state index in [-0.39, 0.29) is 12.3 Å². The second-order valence-corrected chi connectivity index (χ2v) is 7.80. The third kappa shape index (κ3) is 4.70. The smallest absolute Gasteiger partial charge is 0.303 e. The number of sulfonamides is 1. The van der Waals surface area contributed by atoms with Gasteiger partial charge in [-0.3, -0.25) is 13.9 Å². The molecular formula is C16H22N2O5S. The average molecular weight is 354 g/mol. The van der Waals surface area contributed by atoms with Gasteiger partial charge in [-0.15, -0.1) is 0 Å². The number of carbonyl (C=O) groups excluding carboxylic acids is 1. The monoisotopic (exact) mass is 354 g/mol. The van der Waals surface area contributed by atoms with Crippen LogP contribution in [0, 0.1) is 0 Å². The van der Waals surface area contributed by atoms with Crippen LogP contribution < -0.4 is 9.62 Å². The van der Waals surface area contributed by atoms with Crippen LogP contribution in [0.25, 0.3) is 0 Å². The van der Waals surface area contributed by atoms with Crippen molar-refractivity contribution in [3.8, 4) is 0 Å². The highest BCUT2D eigenvalue weighted by molar-refractivity contribution is 7.92. The van der Waals surface area contributed by atoms with Crippen LogP contribution in [0.5, 0.6) is 0 Å². The second kappa shape index (κ2) is 7.65. The first kappa shape index (κ1) is 18.3. The molecule has 0 aliphatic carbocycles. The molecule has 1 aliphatic heterocycles. The molecule has 1 aliphatic rings. The fourth-order valence-electron chi connectivity index (χ4n) is 2.74. The van der Waals surface area contributed by atoms with Crippen LogP contribution in [0.3, 0.4) is 0 Å². The molecular weight excluding hydrogens is 332 g/mol. The predicted octanol–water partition coefficient (Wildman–Crippen LogP) is 1.38. The summed E-state index contributed by atoms with van der Waals surface area (Å²) in [6, 6.07) is 5.04. The van der Waals surface area contributed by atoms with Gasteiger partial charge in [-0.25, -0.2) is 8.42 Å². The maximum absolute atomic E-state index is 12.1. The third-order valence-corrected chi connectivity index (χ3v) is 5.13. The Morgan fingerprint density at radius 2 is 2.00 bits per heavy atom. The normalized spacial score (nSPS) is 13.6. The predicted molar refractivity (Wildman–Crippen MR) is 90.8 cm³/mol. The number of anilines is 1. The van der Waals surface area contributed by atoms with Crippen molar-refractivity contribution in [1.29, 1.82) is 0 Å². The molecule has 0 saturated heterocycles. The molecule has 0 radical (unpaired) electrons. The van der Waals surface area contributed by atoms with E-state index in [2.05, 4.69) is 5.32 Å². The van der Waals surface area contributed by atoms with Gasteiger partial charge in [0.25, 0.3) is 5.91 Å². The number of carbonyl (C=O) groups is 2. The molecule has 0 bridgehead atoms. The molecule has 0 atom stereocenters. The van der Waals surface area contributed by atoms with Crippen LogP contribution in [0.1, 0.15) is 41.6 Å². The molecule has 1 heterocycles. The summed E-state index contributed by atoms with van der Waals surface area (Å²) in [7, 11) is -3.29. The van der Waals surface area contributed by atoms with Crippen LogP contribution in [0.4, 0.5) is 5.69 Å². The molecule has 8 heteroatoms. The fourth-order valence-corrected chi connectivity index (χ4v) is 3.70. The van der Waals surface area contributed by atoms with E-state index in [1.807, 2.05) is 0 Å². The van der Waals surface area contributed by atoms with Crippen molar-refractivity contribution in [2.75, 3.05) is 23.7 Å². The Balaban J connectivity index is 1.87. The summed E-state index contributed by atoms with van der Waals surface area (Å²) < 4.78 is 24.7. The summed E-state index contributed by atoms with van der Waals surface area (Å²) >= 11 is 0. The zero-order chi connectivity index (χ0) is 17.7. The third-order valence-electron chi connectivity index (χ3n) is 3.95. The lowest BCUT2D eigenvalue weighted by molar-refractivity contribution is -0.137. The molecule has 1 aromatic carbocycles. The Kier molecular flexibility index (Phi) is 5.82. The number of nitrogens with zero attached hydrogens (tertiary/aromatic N) is 1. The van der Waals surface area contributed by atoms with Gasteiger partial charge in [0, 0.05) is 25.1 Å². The molecule has 2 N–H and O–H groups in total. The molecule has 0 unspecified atom stereocenters. The SMILES string of the molecule is CS(=O)(=O)N1CCc2cc(C(=O)NCCCCCC(=O)O)ccc21. The lowest BCUT2D eigenvalue weighted by atomic mass is 10.1. The number of fused-ring (bicyclic) bond motifs is 1. The van der Waals surface area contributed by atoms with Gasteiger partial charge in [-0.2, -0.15) is 0 Å². The molecule has 0 spiro atoms. The Bertz CT molecular complexity index is 730. The lowest BCUT2D eigenvalue weighted by Crippen LogP contribution is -2.27. The number of nitrogens with one attached hydrogen (secondary N) is 1. The van der Waals surface area contributed by atoms with Gasteiger partial charge >= 0.3 is 5.97 Å². The summed E-state index contributed by atoms with van der Waals surface area (Å²) in [5, 5.41) is 11.3. The first-order valence-corrected chi connectivity index (χ1v) is 9.74. The minimum absolute atomic E-state index is 0.148. The molecule has 0 aromatic heterocycles. The Morgan fingerprint density at radius 3 is 2.67 bits per heavy atom. The number of benzene rings is 1. The number of hydrogen-bond donors (Lipinski definition) is 2. The number of carboxylic acid groups (broad SMARTS) is 1. The summed E-state index contributed by atoms with van der Waals surface area (Å²) in [5.41, 5.74) is 2.01. The van der Waals surface area contributed by atoms with Gasteiger partial charge in [-0.05, 0) is 43.0 Å². The molecule has 7 nitrogen and oxygen atoms in total. The molecule has 24 heavy (non-hydrogen) atoms. The van der Waals surface area contributed by atoms with Gasteiger partial charge in [0.1, 0.15) is 0 Å². The zero-order valence-electron chi connectivity index (χ0n) is 13.6. The van der Waals surface area contributed by atoms with Crippen molar-refractivity contribution in [1.82, 2.24) is 5.32 Å². The van der Waals surface area contributed by atoms with E-state index in [9.17, 15) is 18.0 Å². The van der Waals surface area contributed by atoms with Crippen molar-refractivity contribution in [3.05, 3.63) is 29.3 Å². The van der Waals surface area contributed by atoms with Crippen LogP contribution in [-0.2, 0) is 21.2 Å². The van der Waals surface area contributed by atoms with E-state index in [0.717, 1.165) is 18.4 Å². The van der Waals surface area contributed by atoms with Crippen molar-refractivity contribution in [2.24, 2.45) is 0 Å². The highest BCUT2D eigenvalue weighted by Crippen LogP contribution is 2.30. The standard InChI is InChI=1S/C16H22N2O5S/c1-24(22,23)18-10-8-12-11-13(6-7-14(12)18)16(21)17-9-4-2-3-5-15(19)20/h6-7,11H,2-5,8-10H2,1H3,(H,17,21)(H,19,20). The first-order chi connectivity index (χ1) is 11.3. The number of aliphatic carboxylic acids is 1. The first-order valence-electron chi connectivity index (χ1n) is 7.89. The van der Waals surface area contributed by atoms with E-state index in [1.54, 1.807) is 18.2 Å². The van der Waals surface area contributed by atoms with Crippen molar-refractivity contribution >= 4 is 27.6 Å². The molecule has 1 amide bonds. The summed E-state index contributed by atoms with van der Waals surface area (Å²) in [6.45, 7) is 0.897. The van der Waals surface area contributed by atoms with Crippen molar-refractivity contribution in [3.63, 3.8) is 0 Å². The maximum atomic E-state index is 12.1. The van der Waals surface area contributed by atoms with Gasteiger partial charge in [-0.1, -0.05) is 6.42 Å². The second-order valence-electron chi connectivity index (χ2n) is 5.89. The number of rotatable bonds is 8. The van der Waals surface area contributed by atoms with E-state index < -0.39 is 16.0 Å². The quantitative estimate of drug-likeness (QED) is 0.687. The largest absolute Gasteiger partial charge is 0.481 e. The highest BCUT2D eigenvalue weighted by atomic mass is 32.2.